The van der Waals surface area contributed by atoms with E-state index in [1.807, 2.05) is 6.92 Å². The fourth-order valence-corrected chi connectivity index (χ4v) is 3.44. The summed E-state index contributed by atoms with van der Waals surface area (Å²) in [5.74, 6) is 0.543. The van der Waals surface area contributed by atoms with Gasteiger partial charge >= 0.3 is 0 Å². The van der Waals surface area contributed by atoms with E-state index >= 15 is 0 Å². The molecule has 1 aromatic rings. The summed E-state index contributed by atoms with van der Waals surface area (Å²) in [5, 5.41) is 14.9. The van der Waals surface area contributed by atoms with Crippen molar-refractivity contribution in [2.75, 3.05) is 31.1 Å². The Morgan fingerprint density at radius 2 is 2.10 bits per heavy atom. The van der Waals surface area contributed by atoms with Gasteiger partial charge in [-0.3, -0.25) is 10.1 Å². The number of non-ortho nitro benzene ring substituents is 1. The zero-order valence-corrected chi connectivity index (χ0v) is 13.5. The number of anilines is 1. The fourth-order valence-electron chi connectivity index (χ4n) is 2.73. The van der Waals surface area contributed by atoms with Gasteiger partial charge in [-0.05, 0) is 38.8 Å². The molecular formula is C14H19Cl2N3O2. The van der Waals surface area contributed by atoms with Crippen molar-refractivity contribution in [3.8, 4) is 0 Å². The van der Waals surface area contributed by atoms with Gasteiger partial charge in [0.1, 0.15) is 0 Å². The van der Waals surface area contributed by atoms with Gasteiger partial charge in [-0.1, -0.05) is 23.2 Å². The molecule has 1 unspecified atom stereocenters. The summed E-state index contributed by atoms with van der Waals surface area (Å²) in [6, 6.07) is 2.73. The van der Waals surface area contributed by atoms with Crippen LogP contribution in [0.3, 0.4) is 0 Å². The van der Waals surface area contributed by atoms with Crippen LogP contribution in [0.15, 0.2) is 12.1 Å². The van der Waals surface area contributed by atoms with Crippen molar-refractivity contribution >= 4 is 34.6 Å². The van der Waals surface area contributed by atoms with E-state index in [2.05, 4.69) is 10.2 Å². The molecule has 1 aliphatic heterocycles. The van der Waals surface area contributed by atoms with E-state index < -0.39 is 4.92 Å². The van der Waals surface area contributed by atoms with Crippen molar-refractivity contribution < 1.29 is 4.92 Å². The standard InChI is InChI=1S/C14H19Cl2N3O2/c1-2-18(9-10-4-3-5-17-8-10)14-12(15)6-11(19(20)21)7-13(14)16/h6-7,10,17H,2-5,8-9H2,1H3. The van der Waals surface area contributed by atoms with Crippen LogP contribution in [0.5, 0.6) is 0 Å². The molecule has 7 heteroatoms. The third-order valence-electron chi connectivity index (χ3n) is 3.79. The lowest BCUT2D eigenvalue weighted by Gasteiger charge is -2.31. The van der Waals surface area contributed by atoms with Crippen LogP contribution in [-0.2, 0) is 0 Å². The Kier molecular flexibility index (Phi) is 5.67. The molecule has 1 N–H and O–H groups in total. The minimum absolute atomic E-state index is 0.0795. The van der Waals surface area contributed by atoms with Gasteiger partial charge in [0, 0.05) is 25.2 Å². The largest absolute Gasteiger partial charge is 0.369 e. The third kappa shape index (κ3) is 3.99. The van der Waals surface area contributed by atoms with Crippen molar-refractivity contribution in [2.45, 2.75) is 19.8 Å². The first-order chi connectivity index (χ1) is 10.0. The lowest BCUT2D eigenvalue weighted by Crippen LogP contribution is -2.38. The van der Waals surface area contributed by atoms with Crippen molar-refractivity contribution in [3.63, 3.8) is 0 Å². The molecule has 0 amide bonds. The van der Waals surface area contributed by atoms with Gasteiger partial charge in [-0.15, -0.1) is 0 Å². The number of piperidine rings is 1. The Morgan fingerprint density at radius 3 is 2.57 bits per heavy atom. The molecule has 5 nitrogen and oxygen atoms in total. The number of nitrogens with zero attached hydrogens (tertiary/aromatic N) is 2. The van der Waals surface area contributed by atoms with E-state index in [1.165, 1.54) is 25.0 Å². The third-order valence-corrected chi connectivity index (χ3v) is 4.36. The van der Waals surface area contributed by atoms with Crippen LogP contribution >= 0.6 is 23.2 Å². The van der Waals surface area contributed by atoms with E-state index in [1.54, 1.807) is 0 Å². The second-order valence-corrected chi connectivity index (χ2v) is 6.08. The van der Waals surface area contributed by atoms with Crippen LogP contribution in [0.1, 0.15) is 19.8 Å². The Bertz CT molecular complexity index is 496. The summed E-state index contributed by atoms with van der Waals surface area (Å²) in [6.45, 7) is 5.69. The summed E-state index contributed by atoms with van der Waals surface area (Å²) < 4.78 is 0. The Morgan fingerprint density at radius 1 is 1.43 bits per heavy atom. The SMILES string of the molecule is CCN(CC1CCCNC1)c1c(Cl)cc([N+](=O)[O-])cc1Cl. The van der Waals surface area contributed by atoms with Crippen LogP contribution in [0, 0.1) is 16.0 Å². The Hall–Kier alpha value is -1.04. The summed E-state index contributed by atoms with van der Waals surface area (Å²) in [5.41, 5.74) is 0.612. The van der Waals surface area contributed by atoms with Gasteiger partial charge in [0.25, 0.3) is 5.69 Å². The summed E-state index contributed by atoms with van der Waals surface area (Å²) >= 11 is 12.4. The van der Waals surface area contributed by atoms with E-state index in [4.69, 9.17) is 23.2 Å². The number of nitro groups is 1. The molecule has 0 bridgehead atoms. The highest BCUT2D eigenvalue weighted by atomic mass is 35.5. The second kappa shape index (κ2) is 7.29. The molecule has 1 atom stereocenters. The van der Waals surface area contributed by atoms with Gasteiger partial charge < -0.3 is 10.2 Å². The molecule has 0 aliphatic carbocycles. The van der Waals surface area contributed by atoms with E-state index in [0.29, 0.717) is 21.7 Å². The molecule has 21 heavy (non-hydrogen) atoms. The number of halogens is 2. The van der Waals surface area contributed by atoms with Gasteiger partial charge in [-0.2, -0.15) is 0 Å². The molecule has 0 aromatic heterocycles. The molecule has 1 fully saturated rings. The maximum atomic E-state index is 10.8. The predicted octanol–water partition coefficient (Wildman–Crippen LogP) is 3.73. The smallest absolute Gasteiger partial charge is 0.272 e. The van der Waals surface area contributed by atoms with Gasteiger partial charge in [0.05, 0.1) is 20.7 Å². The lowest BCUT2D eigenvalue weighted by molar-refractivity contribution is -0.384. The normalized spacial score (nSPS) is 18.5. The monoisotopic (exact) mass is 331 g/mol. The maximum absolute atomic E-state index is 10.8. The highest BCUT2D eigenvalue weighted by Gasteiger charge is 2.22. The Balaban J connectivity index is 2.22. The average Bonchev–Trinajstić information content (AvgIpc) is 2.46. The molecule has 1 aliphatic rings. The molecule has 1 heterocycles. The first-order valence-corrected chi connectivity index (χ1v) is 7.87. The van der Waals surface area contributed by atoms with Crippen molar-refractivity contribution in [1.29, 1.82) is 0 Å². The fraction of sp³-hybridized carbons (Fsp3) is 0.571. The zero-order valence-electron chi connectivity index (χ0n) is 11.9. The highest BCUT2D eigenvalue weighted by molar-refractivity contribution is 6.39. The van der Waals surface area contributed by atoms with Crippen LogP contribution in [0.25, 0.3) is 0 Å². The molecular weight excluding hydrogens is 313 g/mol. The zero-order chi connectivity index (χ0) is 15.4. The number of nitrogens with one attached hydrogen (secondary N) is 1. The minimum atomic E-state index is -0.483. The van der Waals surface area contributed by atoms with E-state index in [9.17, 15) is 10.1 Å². The van der Waals surface area contributed by atoms with Gasteiger partial charge in [-0.25, -0.2) is 0 Å². The van der Waals surface area contributed by atoms with Gasteiger partial charge in [0.15, 0.2) is 0 Å². The van der Waals surface area contributed by atoms with E-state index in [-0.39, 0.29) is 5.69 Å². The van der Waals surface area contributed by atoms with Crippen LogP contribution in [-0.4, -0.2) is 31.1 Å². The number of benzene rings is 1. The quantitative estimate of drug-likeness (QED) is 0.659. The van der Waals surface area contributed by atoms with Crippen molar-refractivity contribution in [2.24, 2.45) is 5.92 Å². The maximum Gasteiger partial charge on any atom is 0.272 e. The summed E-state index contributed by atoms with van der Waals surface area (Å²) in [7, 11) is 0. The average molecular weight is 332 g/mol. The van der Waals surface area contributed by atoms with Gasteiger partial charge in [0.2, 0.25) is 0 Å². The van der Waals surface area contributed by atoms with E-state index in [0.717, 1.165) is 26.2 Å². The molecule has 0 saturated carbocycles. The number of rotatable bonds is 5. The number of nitro benzene ring substituents is 1. The lowest BCUT2D eigenvalue weighted by atomic mass is 9.99. The molecule has 0 radical (unpaired) electrons. The summed E-state index contributed by atoms with van der Waals surface area (Å²) in [4.78, 5) is 12.5. The summed E-state index contributed by atoms with van der Waals surface area (Å²) in [6.07, 6.45) is 2.34. The highest BCUT2D eigenvalue weighted by Crippen LogP contribution is 2.37. The molecule has 1 saturated heterocycles. The Labute approximate surface area is 134 Å². The topological polar surface area (TPSA) is 58.4 Å². The number of hydrogen-bond acceptors (Lipinski definition) is 4. The molecule has 0 spiro atoms. The minimum Gasteiger partial charge on any atom is -0.369 e. The second-order valence-electron chi connectivity index (χ2n) is 5.27. The molecule has 116 valence electrons. The van der Waals surface area contributed by atoms with Crippen LogP contribution in [0.4, 0.5) is 11.4 Å². The number of hydrogen-bond donors (Lipinski definition) is 1. The first kappa shape index (κ1) is 16.3. The van der Waals surface area contributed by atoms with Crippen molar-refractivity contribution in [3.05, 3.63) is 32.3 Å². The van der Waals surface area contributed by atoms with Crippen molar-refractivity contribution in [1.82, 2.24) is 5.32 Å². The van der Waals surface area contributed by atoms with Crippen LogP contribution in [0.2, 0.25) is 10.0 Å². The molecule has 1 aromatic carbocycles. The first-order valence-electron chi connectivity index (χ1n) is 7.12. The predicted molar refractivity (Wildman–Crippen MR) is 86.6 cm³/mol. The van der Waals surface area contributed by atoms with Crippen LogP contribution < -0.4 is 10.2 Å². The molecule has 2 rings (SSSR count).